The molecule has 1 aliphatic carbocycles. The topological polar surface area (TPSA) is 91.7 Å². The summed E-state index contributed by atoms with van der Waals surface area (Å²) in [5, 5.41) is 12.3. The molecule has 27 heavy (non-hydrogen) atoms. The molecule has 1 spiro atoms. The van der Waals surface area contributed by atoms with Crippen molar-refractivity contribution in [2.75, 3.05) is 23.7 Å². The second kappa shape index (κ2) is 6.03. The van der Waals surface area contributed by atoms with Gasteiger partial charge in [-0.3, -0.25) is 0 Å². The summed E-state index contributed by atoms with van der Waals surface area (Å²) in [7, 11) is 0. The van der Waals surface area contributed by atoms with Crippen molar-refractivity contribution >= 4 is 22.8 Å². The van der Waals surface area contributed by atoms with Crippen molar-refractivity contribution in [2.24, 2.45) is 5.41 Å². The van der Waals surface area contributed by atoms with Crippen LogP contribution in [0, 0.1) is 16.7 Å². The van der Waals surface area contributed by atoms with Crippen LogP contribution in [0.1, 0.15) is 24.8 Å². The van der Waals surface area contributed by atoms with Crippen molar-refractivity contribution in [2.45, 2.75) is 19.3 Å². The molecule has 0 unspecified atom stereocenters. The number of nitrogens with zero attached hydrogens (tertiary/aromatic N) is 5. The van der Waals surface area contributed by atoms with E-state index in [1.807, 2.05) is 23.6 Å². The number of hydrogen-bond donors (Lipinski definition) is 1. The van der Waals surface area contributed by atoms with Crippen molar-refractivity contribution in [3.8, 4) is 28.2 Å². The monoisotopic (exact) mass is 374 g/mol. The van der Waals surface area contributed by atoms with Gasteiger partial charge in [0, 0.05) is 24.7 Å². The van der Waals surface area contributed by atoms with Gasteiger partial charge in [0.1, 0.15) is 33.8 Å². The maximum atomic E-state index is 9.62. The number of anilines is 2. The zero-order valence-electron chi connectivity index (χ0n) is 14.7. The Bertz CT molecular complexity index is 1050. The highest BCUT2D eigenvalue weighted by molar-refractivity contribution is 7.13. The molecule has 4 heterocycles. The van der Waals surface area contributed by atoms with Crippen LogP contribution in [0.25, 0.3) is 22.1 Å². The van der Waals surface area contributed by atoms with Gasteiger partial charge in [-0.15, -0.1) is 11.3 Å². The number of nitrogens with two attached hydrogens (primary N) is 1. The van der Waals surface area contributed by atoms with Gasteiger partial charge < -0.3 is 10.6 Å². The van der Waals surface area contributed by atoms with E-state index in [0.717, 1.165) is 23.9 Å². The first-order valence-corrected chi connectivity index (χ1v) is 9.88. The van der Waals surface area contributed by atoms with E-state index in [-0.39, 0.29) is 0 Å². The summed E-state index contributed by atoms with van der Waals surface area (Å²) in [6, 6.07) is 9.80. The maximum Gasteiger partial charge on any atom is 0.141 e. The van der Waals surface area contributed by atoms with Crippen LogP contribution < -0.4 is 10.6 Å². The van der Waals surface area contributed by atoms with E-state index in [1.165, 1.54) is 30.6 Å². The molecule has 3 aromatic rings. The molecule has 0 atom stereocenters. The van der Waals surface area contributed by atoms with E-state index >= 15 is 0 Å². The summed E-state index contributed by atoms with van der Waals surface area (Å²) >= 11 is 1.49. The number of thiazole rings is 1. The van der Waals surface area contributed by atoms with Crippen LogP contribution in [0.3, 0.4) is 0 Å². The Balaban J connectivity index is 1.58. The van der Waals surface area contributed by atoms with Gasteiger partial charge in [-0.25, -0.2) is 15.0 Å². The summed E-state index contributed by atoms with van der Waals surface area (Å²) in [5.41, 5.74) is 9.31. The van der Waals surface area contributed by atoms with Crippen LogP contribution >= 0.6 is 11.3 Å². The van der Waals surface area contributed by atoms with Gasteiger partial charge in [0.05, 0.1) is 11.4 Å². The Morgan fingerprint density at radius 2 is 2.07 bits per heavy atom. The molecule has 7 heteroatoms. The summed E-state index contributed by atoms with van der Waals surface area (Å²) in [4.78, 5) is 16.2. The van der Waals surface area contributed by atoms with Gasteiger partial charge in [-0.1, -0.05) is 6.07 Å². The van der Waals surface area contributed by atoms with E-state index in [0.29, 0.717) is 33.7 Å². The van der Waals surface area contributed by atoms with Crippen LogP contribution in [0.5, 0.6) is 0 Å². The standard InChI is InChI=1S/C20H18N6S/c21-11-13-14(22)10-16(19-23-7-9-27-19)25-18(13)15-2-1-3-17(24-15)26-8-6-20(12-26)4-5-20/h1-3,7,9-10H,4-6,8,12H2,(H2,22,25). The zero-order valence-corrected chi connectivity index (χ0v) is 15.5. The quantitative estimate of drug-likeness (QED) is 0.751. The van der Waals surface area contributed by atoms with Crippen molar-refractivity contribution < 1.29 is 0 Å². The molecular formula is C20H18N6S. The number of rotatable bonds is 3. The van der Waals surface area contributed by atoms with Crippen molar-refractivity contribution in [3.63, 3.8) is 0 Å². The average molecular weight is 374 g/mol. The average Bonchev–Trinajstić information content (AvgIpc) is 3.09. The van der Waals surface area contributed by atoms with Gasteiger partial charge >= 0.3 is 0 Å². The molecule has 5 rings (SSSR count). The lowest BCUT2D eigenvalue weighted by Gasteiger charge is -2.18. The molecular weight excluding hydrogens is 356 g/mol. The fraction of sp³-hybridized carbons (Fsp3) is 0.300. The molecule has 6 nitrogen and oxygen atoms in total. The van der Waals surface area contributed by atoms with E-state index in [2.05, 4.69) is 16.0 Å². The van der Waals surface area contributed by atoms with Gasteiger partial charge in [0.15, 0.2) is 0 Å². The third-order valence-corrected chi connectivity index (χ3v) is 6.31. The maximum absolute atomic E-state index is 9.62. The van der Waals surface area contributed by atoms with Crippen LogP contribution in [-0.4, -0.2) is 28.0 Å². The minimum atomic E-state index is 0.361. The molecule has 0 amide bonds. The second-order valence-corrected chi connectivity index (χ2v) is 8.22. The first-order valence-electron chi connectivity index (χ1n) is 9.00. The van der Waals surface area contributed by atoms with Gasteiger partial charge in [-0.05, 0) is 42.9 Å². The molecule has 3 aromatic heterocycles. The number of hydrogen-bond acceptors (Lipinski definition) is 7. The molecule has 2 fully saturated rings. The molecule has 0 aromatic carbocycles. The molecule has 0 radical (unpaired) electrons. The van der Waals surface area contributed by atoms with Crippen LogP contribution in [0.2, 0.25) is 0 Å². The van der Waals surface area contributed by atoms with Crippen LogP contribution in [0.15, 0.2) is 35.8 Å². The Morgan fingerprint density at radius 1 is 1.19 bits per heavy atom. The highest BCUT2D eigenvalue weighted by atomic mass is 32.1. The number of pyridine rings is 2. The number of nitriles is 1. The Hall–Kier alpha value is -2.98. The highest BCUT2D eigenvalue weighted by Crippen LogP contribution is 2.53. The van der Waals surface area contributed by atoms with Crippen LogP contribution in [0.4, 0.5) is 11.5 Å². The summed E-state index contributed by atoms with van der Waals surface area (Å²) in [5.74, 6) is 0.945. The largest absolute Gasteiger partial charge is 0.398 e. The normalized spacial score (nSPS) is 17.2. The minimum Gasteiger partial charge on any atom is -0.398 e. The molecule has 1 aliphatic heterocycles. The smallest absolute Gasteiger partial charge is 0.141 e. The van der Waals surface area contributed by atoms with E-state index < -0.39 is 0 Å². The fourth-order valence-corrected chi connectivity index (χ4v) is 4.37. The third kappa shape index (κ3) is 2.82. The van der Waals surface area contributed by atoms with Crippen molar-refractivity contribution in [1.82, 2.24) is 15.0 Å². The van der Waals surface area contributed by atoms with Gasteiger partial charge in [0.25, 0.3) is 0 Å². The summed E-state index contributed by atoms with van der Waals surface area (Å²) in [6.45, 7) is 2.11. The van der Waals surface area contributed by atoms with Crippen molar-refractivity contribution in [1.29, 1.82) is 5.26 Å². The lowest BCUT2D eigenvalue weighted by atomic mass is 10.1. The van der Waals surface area contributed by atoms with E-state index in [9.17, 15) is 5.26 Å². The Kier molecular flexibility index (Phi) is 3.62. The number of nitrogen functional groups attached to an aromatic ring is 1. The molecule has 1 saturated carbocycles. The van der Waals surface area contributed by atoms with Crippen molar-refractivity contribution in [3.05, 3.63) is 41.4 Å². The summed E-state index contributed by atoms with van der Waals surface area (Å²) in [6.07, 6.45) is 5.63. The fourth-order valence-electron chi connectivity index (χ4n) is 3.77. The second-order valence-electron chi connectivity index (χ2n) is 7.32. The Labute approximate surface area is 161 Å². The molecule has 0 bridgehead atoms. The SMILES string of the molecule is N#Cc1c(N)cc(-c2nccs2)nc1-c1cccc(N2CCC3(CC3)C2)n1. The first kappa shape index (κ1) is 16.2. The van der Waals surface area contributed by atoms with Gasteiger partial charge in [0.2, 0.25) is 0 Å². The third-order valence-electron chi connectivity index (χ3n) is 5.51. The van der Waals surface area contributed by atoms with E-state index in [1.54, 1.807) is 12.3 Å². The molecule has 134 valence electrons. The molecule has 1 saturated heterocycles. The van der Waals surface area contributed by atoms with Crippen LogP contribution in [-0.2, 0) is 0 Å². The minimum absolute atomic E-state index is 0.361. The number of aromatic nitrogens is 3. The zero-order chi connectivity index (χ0) is 18.4. The first-order chi connectivity index (χ1) is 13.2. The summed E-state index contributed by atoms with van der Waals surface area (Å²) < 4.78 is 0. The molecule has 2 aliphatic rings. The lowest BCUT2D eigenvalue weighted by molar-refractivity contribution is 0.580. The predicted octanol–water partition coefficient (Wildman–Crippen LogP) is 3.71. The highest BCUT2D eigenvalue weighted by Gasteiger charge is 2.47. The van der Waals surface area contributed by atoms with E-state index in [4.69, 9.17) is 15.7 Å². The lowest BCUT2D eigenvalue weighted by Crippen LogP contribution is -2.21. The predicted molar refractivity (Wildman–Crippen MR) is 106 cm³/mol. The van der Waals surface area contributed by atoms with Gasteiger partial charge in [-0.2, -0.15) is 5.26 Å². The molecule has 2 N–H and O–H groups in total. The Morgan fingerprint density at radius 3 is 2.78 bits per heavy atom.